The van der Waals surface area contributed by atoms with Gasteiger partial charge in [0.05, 0.1) is 5.69 Å². The average Bonchev–Trinajstić information content (AvgIpc) is 2.52. The number of thioether (sulfide) groups is 1. The summed E-state index contributed by atoms with van der Waals surface area (Å²) >= 11 is 2.04. The Morgan fingerprint density at radius 1 is 1.33 bits per heavy atom. The SMILES string of the molecule is O=C1COc2ccc(CNCCN3CCSCC3)cc2N1. The summed E-state index contributed by atoms with van der Waals surface area (Å²) in [6, 6.07) is 5.95. The molecule has 2 aliphatic rings. The van der Waals surface area contributed by atoms with E-state index in [1.54, 1.807) is 0 Å². The minimum absolute atomic E-state index is 0.0874. The first kappa shape index (κ1) is 14.7. The summed E-state index contributed by atoms with van der Waals surface area (Å²) in [6.07, 6.45) is 0. The summed E-state index contributed by atoms with van der Waals surface area (Å²) in [5.74, 6) is 3.18. The highest BCUT2D eigenvalue weighted by molar-refractivity contribution is 7.99. The molecule has 0 radical (unpaired) electrons. The lowest BCUT2D eigenvalue weighted by atomic mass is 10.1. The van der Waals surface area contributed by atoms with Gasteiger partial charge in [-0.05, 0) is 17.7 Å². The highest BCUT2D eigenvalue weighted by atomic mass is 32.2. The van der Waals surface area contributed by atoms with Gasteiger partial charge < -0.3 is 20.3 Å². The van der Waals surface area contributed by atoms with Crippen LogP contribution in [0.5, 0.6) is 5.75 Å². The summed E-state index contributed by atoms with van der Waals surface area (Å²) in [5, 5.41) is 6.31. The molecule has 0 spiro atoms. The van der Waals surface area contributed by atoms with E-state index in [2.05, 4.69) is 15.5 Å². The maximum absolute atomic E-state index is 11.3. The van der Waals surface area contributed by atoms with Crippen LogP contribution in [0.4, 0.5) is 5.69 Å². The van der Waals surface area contributed by atoms with E-state index in [9.17, 15) is 4.79 Å². The van der Waals surface area contributed by atoms with E-state index in [-0.39, 0.29) is 12.5 Å². The number of rotatable bonds is 5. The molecule has 0 unspecified atom stereocenters. The third-order valence-electron chi connectivity index (χ3n) is 3.71. The van der Waals surface area contributed by atoms with Crippen molar-refractivity contribution in [3.05, 3.63) is 23.8 Å². The molecule has 0 aliphatic carbocycles. The molecule has 1 aromatic carbocycles. The molecule has 3 rings (SSSR count). The lowest BCUT2D eigenvalue weighted by Crippen LogP contribution is -2.37. The molecule has 1 amide bonds. The lowest BCUT2D eigenvalue weighted by molar-refractivity contribution is -0.118. The Morgan fingerprint density at radius 2 is 2.19 bits per heavy atom. The van der Waals surface area contributed by atoms with Gasteiger partial charge in [-0.25, -0.2) is 0 Å². The van der Waals surface area contributed by atoms with Crippen molar-refractivity contribution in [3.63, 3.8) is 0 Å². The Labute approximate surface area is 129 Å². The Kier molecular flexibility index (Phi) is 5.00. The first-order valence-electron chi connectivity index (χ1n) is 7.38. The van der Waals surface area contributed by atoms with E-state index in [4.69, 9.17) is 4.74 Å². The summed E-state index contributed by atoms with van der Waals surface area (Å²) in [6.45, 7) is 5.42. The van der Waals surface area contributed by atoms with Gasteiger partial charge in [0.15, 0.2) is 6.61 Å². The summed E-state index contributed by atoms with van der Waals surface area (Å²) in [5.41, 5.74) is 1.94. The molecular weight excluding hydrogens is 286 g/mol. The van der Waals surface area contributed by atoms with Gasteiger partial charge in [-0.2, -0.15) is 11.8 Å². The van der Waals surface area contributed by atoms with Crippen LogP contribution in [-0.2, 0) is 11.3 Å². The standard InChI is InChI=1S/C15H21N3O2S/c19-15-11-20-14-2-1-12(9-13(14)17-15)10-16-3-4-18-5-7-21-8-6-18/h1-2,9,16H,3-8,10-11H2,(H,17,19). The Balaban J connectivity index is 1.45. The van der Waals surface area contributed by atoms with E-state index in [1.165, 1.54) is 24.6 Å². The van der Waals surface area contributed by atoms with Crippen LogP contribution >= 0.6 is 11.8 Å². The second-order valence-electron chi connectivity index (χ2n) is 5.30. The maximum Gasteiger partial charge on any atom is 0.262 e. The van der Waals surface area contributed by atoms with Crippen LogP contribution in [-0.4, -0.2) is 55.1 Å². The molecule has 114 valence electrons. The molecule has 1 fully saturated rings. The second kappa shape index (κ2) is 7.15. The number of carbonyl (C=O) groups is 1. The fourth-order valence-corrected chi connectivity index (χ4v) is 3.51. The highest BCUT2D eigenvalue weighted by Gasteiger charge is 2.15. The Morgan fingerprint density at radius 3 is 3.05 bits per heavy atom. The summed E-state index contributed by atoms with van der Waals surface area (Å²) in [7, 11) is 0. The largest absolute Gasteiger partial charge is 0.482 e. The van der Waals surface area contributed by atoms with Crippen LogP contribution < -0.4 is 15.4 Å². The van der Waals surface area contributed by atoms with Crippen LogP contribution in [0.25, 0.3) is 0 Å². The van der Waals surface area contributed by atoms with Gasteiger partial charge in [-0.1, -0.05) is 6.07 Å². The molecule has 21 heavy (non-hydrogen) atoms. The van der Waals surface area contributed by atoms with Crippen molar-refractivity contribution < 1.29 is 9.53 Å². The molecule has 0 bridgehead atoms. The normalized spacial score (nSPS) is 18.8. The smallest absolute Gasteiger partial charge is 0.262 e. The van der Waals surface area contributed by atoms with Crippen molar-refractivity contribution >= 4 is 23.4 Å². The number of carbonyl (C=O) groups excluding carboxylic acids is 1. The number of nitrogens with one attached hydrogen (secondary N) is 2. The van der Waals surface area contributed by atoms with Crippen molar-refractivity contribution in [2.75, 3.05) is 49.6 Å². The van der Waals surface area contributed by atoms with Crippen LogP contribution in [0, 0.1) is 0 Å². The van der Waals surface area contributed by atoms with Crippen molar-refractivity contribution in [2.45, 2.75) is 6.54 Å². The topological polar surface area (TPSA) is 53.6 Å². The molecule has 6 heteroatoms. The maximum atomic E-state index is 11.3. The molecule has 2 heterocycles. The predicted molar refractivity (Wildman–Crippen MR) is 86.0 cm³/mol. The summed E-state index contributed by atoms with van der Waals surface area (Å²) in [4.78, 5) is 13.8. The fraction of sp³-hybridized carbons (Fsp3) is 0.533. The number of hydrogen-bond acceptors (Lipinski definition) is 5. The molecule has 0 saturated carbocycles. The predicted octanol–water partition coefficient (Wildman–Crippen LogP) is 1.16. The molecule has 2 N–H and O–H groups in total. The number of anilines is 1. The van der Waals surface area contributed by atoms with Crippen molar-refractivity contribution in [2.24, 2.45) is 0 Å². The molecule has 1 saturated heterocycles. The van der Waals surface area contributed by atoms with Gasteiger partial charge in [-0.3, -0.25) is 4.79 Å². The second-order valence-corrected chi connectivity index (χ2v) is 6.52. The molecule has 0 atom stereocenters. The van der Waals surface area contributed by atoms with Crippen molar-refractivity contribution in [1.29, 1.82) is 0 Å². The van der Waals surface area contributed by atoms with Gasteiger partial charge in [0, 0.05) is 44.2 Å². The monoisotopic (exact) mass is 307 g/mol. The minimum Gasteiger partial charge on any atom is -0.482 e. The molecular formula is C15H21N3O2S. The van der Waals surface area contributed by atoms with E-state index in [1.807, 2.05) is 30.0 Å². The first-order chi connectivity index (χ1) is 10.3. The number of ether oxygens (including phenoxy) is 1. The van der Waals surface area contributed by atoms with Crippen LogP contribution in [0.15, 0.2) is 18.2 Å². The lowest BCUT2D eigenvalue weighted by Gasteiger charge is -2.26. The minimum atomic E-state index is -0.0874. The number of amides is 1. The van der Waals surface area contributed by atoms with Crippen LogP contribution in [0.1, 0.15) is 5.56 Å². The quantitative estimate of drug-likeness (QED) is 0.800. The van der Waals surface area contributed by atoms with Gasteiger partial charge in [0.2, 0.25) is 0 Å². The van der Waals surface area contributed by atoms with E-state index >= 15 is 0 Å². The summed E-state index contributed by atoms with van der Waals surface area (Å²) < 4.78 is 5.35. The fourth-order valence-electron chi connectivity index (χ4n) is 2.53. The Hall–Kier alpha value is -1.24. The number of fused-ring (bicyclic) bond motifs is 1. The van der Waals surface area contributed by atoms with Gasteiger partial charge in [0.1, 0.15) is 5.75 Å². The van der Waals surface area contributed by atoms with Gasteiger partial charge in [0.25, 0.3) is 5.91 Å². The Bertz CT molecular complexity index is 504. The number of hydrogen-bond donors (Lipinski definition) is 2. The van der Waals surface area contributed by atoms with Gasteiger partial charge >= 0.3 is 0 Å². The van der Waals surface area contributed by atoms with Crippen molar-refractivity contribution in [1.82, 2.24) is 10.2 Å². The number of nitrogens with zero attached hydrogens (tertiary/aromatic N) is 1. The third kappa shape index (κ3) is 4.12. The first-order valence-corrected chi connectivity index (χ1v) is 8.53. The molecule has 0 aromatic heterocycles. The highest BCUT2D eigenvalue weighted by Crippen LogP contribution is 2.28. The number of benzene rings is 1. The van der Waals surface area contributed by atoms with E-state index in [0.717, 1.165) is 36.6 Å². The van der Waals surface area contributed by atoms with E-state index in [0.29, 0.717) is 0 Å². The van der Waals surface area contributed by atoms with Gasteiger partial charge in [-0.15, -0.1) is 0 Å². The average molecular weight is 307 g/mol. The van der Waals surface area contributed by atoms with Crippen LogP contribution in [0.2, 0.25) is 0 Å². The zero-order chi connectivity index (χ0) is 14.5. The van der Waals surface area contributed by atoms with E-state index < -0.39 is 0 Å². The third-order valence-corrected chi connectivity index (χ3v) is 4.66. The van der Waals surface area contributed by atoms with Crippen LogP contribution in [0.3, 0.4) is 0 Å². The zero-order valence-corrected chi connectivity index (χ0v) is 12.9. The van der Waals surface area contributed by atoms with Crippen molar-refractivity contribution in [3.8, 4) is 5.75 Å². The molecule has 2 aliphatic heterocycles. The molecule has 1 aromatic rings. The zero-order valence-electron chi connectivity index (χ0n) is 12.1. The molecule has 5 nitrogen and oxygen atoms in total.